The van der Waals surface area contributed by atoms with Crippen LogP contribution in [-0.2, 0) is 25.5 Å². The number of ether oxygens (including phenoxy) is 4. The van der Waals surface area contributed by atoms with Gasteiger partial charge < -0.3 is 29.0 Å². The molecule has 2 aliphatic rings. The average molecular weight is 582 g/mol. The lowest BCUT2D eigenvalue weighted by molar-refractivity contribution is -0.162. The Hall–Kier alpha value is -3.75. The van der Waals surface area contributed by atoms with Crippen molar-refractivity contribution in [3.05, 3.63) is 53.6 Å². The molecule has 1 aliphatic carbocycles. The number of carboxylic acid groups (broad SMARTS) is 1. The van der Waals surface area contributed by atoms with Gasteiger partial charge in [0.15, 0.2) is 18.1 Å². The molecule has 0 bridgehead atoms. The summed E-state index contributed by atoms with van der Waals surface area (Å²) in [6, 6.07) is 12.1. The lowest BCUT2D eigenvalue weighted by Gasteiger charge is -2.36. The summed E-state index contributed by atoms with van der Waals surface area (Å²) < 4.78 is 22.4. The summed E-state index contributed by atoms with van der Waals surface area (Å²) in [6.07, 6.45) is 8.96. The van der Waals surface area contributed by atoms with Crippen molar-refractivity contribution < 1.29 is 38.4 Å². The van der Waals surface area contributed by atoms with Gasteiger partial charge in [-0.15, -0.1) is 0 Å². The minimum absolute atomic E-state index is 0.0505. The molecule has 1 saturated carbocycles. The number of benzene rings is 2. The van der Waals surface area contributed by atoms with Gasteiger partial charge in [0, 0.05) is 13.0 Å². The third-order valence-electron chi connectivity index (χ3n) is 8.28. The Morgan fingerprint density at radius 1 is 0.929 bits per heavy atom. The number of carbonyl (C=O) groups is 3. The first-order chi connectivity index (χ1) is 20.4. The fourth-order valence-corrected chi connectivity index (χ4v) is 6.03. The molecule has 1 amide bonds. The van der Waals surface area contributed by atoms with Crippen LogP contribution in [-0.4, -0.2) is 61.3 Å². The van der Waals surface area contributed by atoms with Gasteiger partial charge in [-0.05, 0) is 86.3 Å². The molecule has 9 heteroatoms. The second kappa shape index (κ2) is 15.5. The predicted octanol–water partition coefficient (Wildman–Crippen LogP) is 5.74. The van der Waals surface area contributed by atoms with Crippen molar-refractivity contribution in [2.24, 2.45) is 5.92 Å². The second-order valence-electron chi connectivity index (χ2n) is 11.2. The molecule has 2 aromatic carbocycles. The second-order valence-corrected chi connectivity index (χ2v) is 11.2. The van der Waals surface area contributed by atoms with Crippen molar-refractivity contribution in [2.75, 3.05) is 27.4 Å². The van der Waals surface area contributed by atoms with Crippen molar-refractivity contribution in [2.45, 2.75) is 82.8 Å². The van der Waals surface area contributed by atoms with E-state index < -0.39 is 30.7 Å². The molecule has 4 rings (SSSR count). The molecular formula is C33H43NO8. The number of methoxy groups -OCH3 is 2. The average Bonchev–Trinajstić information content (AvgIpc) is 3.02. The topological polar surface area (TPSA) is 112 Å². The van der Waals surface area contributed by atoms with Crippen molar-refractivity contribution in [3.63, 3.8) is 0 Å². The number of esters is 1. The maximum Gasteiger partial charge on any atom is 0.341 e. The Morgan fingerprint density at radius 2 is 1.69 bits per heavy atom. The van der Waals surface area contributed by atoms with E-state index in [1.807, 2.05) is 24.3 Å². The first-order valence-corrected chi connectivity index (χ1v) is 15.0. The fourth-order valence-electron chi connectivity index (χ4n) is 6.03. The number of piperidine rings is 1. The molecule has 1 N–H and O–H groups in total. The molecule has 9 nitrogen and oxygen atoms in total. The van der Waals surface area contributed by atoms with E-state index in [2.05, 4.69) is 0 Å². The number of nitrogens with zero attached hydrogens (tertiary/aromatic N) is 1. The van der Waals surface area contributed by atoms with Gasteiger partial charge in [0.2, 0.25) is 5.91 Å². The van der Waals surface area contributed by atoms with Crippen LogP contribution in [0, 0.1) is 5.92 Å². The first-order valence-electron chi connectivity index (χ1n) is 15.0. The van der Waals surface area contributed by atoms with Crippen LogP contribution in [0.1, 0.15) is 81.4 Å². The molecular weight excluding hydrogens is 538 g/mol. The molecule has 2 fully saturated rings. The van der Waals surface area contributed by atoms with Gasteiger partial charge in [0.05, 0.1) is 14.2 Å². The normalized spacial score (nSPS) is 18.1. The smallest absolute Gasteiger partial charge is 0.341 e. The van der Waals surface area contributed by atoms with Gasteiger partial charge in [-0.25, -0.2) is 9.59 Å². The molecule has 2 atom stereocenters. The summed E-state index contributed by atoms with van der Waals surface area (Å²) in [7, 11) is 3.17. The van der Waals surface area contributed by atoms with Gasteiger partial charge in [0.1, 0.15) is 17.9 Å². The Balaban J connectivity index is 1.51. The monoisotopic (exact) mass is 581 g/mol. The third-order valence-corrected chi connectivity index (χ3v) is 8.28. The molecule has 228 valence electrons. The summed E-state index contributed by atoms with van der Waals surface area (Å²) in [5.74, 6) is 0.587. The minimum atomic E-state index is -1.08. The largest absolute Gasteiger partial charge is 0.493 e. The minimum Gasteiger partial charge on any atom is -0.493 e. The number of carbonyl (C=O) groups excluding carboxylic acids is 2. The molecule has 0 aromatic heterocycles. The van der Waals surface area contributed by atoms with E-state index in [0.717, 1.165) is 31.2 Å². The SMILES string of the molecule is COc1ccc(CCC(OC(=O)C2CCCCN2C(=O)CC2CCCCC2)c2cccc(OCC(=O)O)c2)cc1OC. The molecule has 0 spiro atoms. The Bertz CT molecular complexity index is 1210. The van der Waals surface area contributed by atoms with Crippen molar-refractivity contribution >= 4 is 17.8 Å². The highest BCUT2D eigenvalue weighted by Crippen LogP contribution is 2.33. The highest BCUT2D eigenvalue weighted by molar-refractivity contribution is 5.85. The zero-order valence-corrected chi connectivity index (χ0v) is 24.7. The summed E-state index contributed by atoms with van der Waals surface area (Å²) in [5, 5.41) is 9.03. The maximum atomic E-state index is 13.7. The Labute approximate surface area is 248 Å². The number of hydrogen-bond donors (Lipinski definition) is 1. The molecule has 2 unspecified atom stereocenters. The number of amides is 1. The number of likely N-dealkylation sites (tertiary alicyclic amines) is 1. The number of aryl methyl sites for hydroxylation is 1. The maximum absolute atomic E-state index is 13.7. The summed E-state index contributed by atoms with van der Waals surface area (Å²) >= 11 is 0. The molecule has 2 aromatic rings. The van der Waals surface area contributed by atoms with E-state index in [1.165, 1.54) is 19.3 Å². The van der Waals surface area contributed by atoms with E-state index in [0.29, 0.717) is 61.0 Å². The van der Waals surface area contributed by atoms with Crippen LogP contribution in [0.15, 0.2) is 42.5 Å². The molecule has 1 saturated heterocycles. The van der Waals surface area contributed by atoms with E-state index in [1.54, 1.807) is 37.3 Å². The van der Waals surface area contributed by atoms with Crippen LogP contribution in [0.25, 0.3) is 0 Å². The molecule has 0 radical (unpaired) electrons. The number of hydrogen-bond acceptors (Lipinski definition) is 7. The highest BCUT2D eigenvalue weighted by atomic mass is 16.5. The van der Waals surface area contributed by atoms with Crippen LogP contribution < -0.4 is 14.2 Å². The zero-order chi connectivity index (χ0) is 29.9. The molecule has 1 heterocycles. The molecule has 1 aliphatic heterocycles. The number of carboxylic acids is 1. The van der Waals surface area contributed by atoms with Gasteiger partial charge >= 0.3 is 11.9 Å². The van der Waals surface area contributed by atoms with Gasteiger partial charge in [0.25, 0.3) is 0 Å². The van der Waals surface area contributed by atoms with Crippen molar-refractivity contribution in [1.82, 2.24) is 4.90 Å². The van der Waals surface area contributed by atoms with Gasteiger partial charge in [-0.2, -0.15) is 0 Å². The van der Waals surface area contributed by atoms with E-state index in [4.69, 9.17) is 24.1 Å². The van der Waals surface area contributed by atoms with Crippen LogP contribution in [0.3, 0.4) is 0 Å². The number of rotatable bonds is 13. The molecule has 42 heavy (non-hydrogen) atoms. The van der Waals surface area contributed by atoms with Gasteiger partial charge in [-0.3, -0.25) is 4.79 Å². The quantitative estimate of drug-likeness (QED) is 0.298. The van der Waals surface area contributed by atoms with Crippen LogP contribution in [0.2, 0.25) is 0 Å². The predicted molar refractivity (Wildman–Crippen MR) is 157 cm³/mol. The third kappa shape index (κ3) is 8.63. The zero-order valence-electron chi connectivity index (χ0n) is 24.7. The van der Waals surface area contributed by atoms with E-state index >= 15 is 0 Å². The first kappa shape index (κ1) is 31.2. The van der Waals surface area contributed by atoms with Gasteiger partial charge in [-0.1, -0.05) is 37.5 Å². The lowest BCUT2D eigenvalue weighted by atomic mass is 9.86. The van der Waals surface area contributed by atoms with Crippen LogP contribution >= 0.6 is 0 Å². The fraction of sp³-hybridized carbons (Fsp3) is 0.545. The number of aliphatic carboxylic acids is 1. The Morgan fingerprint density at radius 3 is 2.43 bits per heavy atom. The Kier molecular flexibility index (Phi) is 11.5. The summed E-state index contributed by atoms with van der Waals surface area (Å²) in [6.45, 7) is 0.0971. The van der Waals surface area contributed by atoms with E-state index in [-0.39, 0.29) is 5.91 Å². The van der Waals surface area contributed by atoms with Crippen molar-refractivity contribution in [3.8, 4) is 17.2 Å². The van der Waals surface area contributed by atoms with E-state index in [9.17, 15) is 14.4 Å². The lowest BCUT2D eigenvalue weighted by Crippen LogP contribution is -2.49. The van der Waals surface area contributed by atoms with Crippen molar-refractivity contribution in [1.29, 1.82) is 0 Å². The summed E-state index contributed by atoms with van der Waals surface area (Å²) in [5.41, 5.74) is 1.68. The van der Waals surface area contributed by atoms with Crippen LogP contribution in [0.5, 0.6) is 17.2 Å². The van der Waals surface area contributed by atoms with Crippen LogP contribution in [0.4, 0.5) is 0 Å². The standard InChI is InChI=1S/C33H43NO8/c1-39-29-17-15-24(19-30(29)40-2)14-16-28(25-11-8-12-26(21-25)41-22-32(36)37)42-33(38)27-13-6-7-18-34(27)31(35)20-23-9-4-3-5-10-23/h8,11-12,15,17,19,21,23,27-28H,3-7,9-10,13-14,16,18,20,22H2,1-2H3,(H,36,37). The summed E-state index contributed by atoms with van der Waals surface area (Å²) in [4.78, 5) is 39.9. The highest BCUT2D eigenvalue weighted by Gasteiger charge is 2.35.